The van der Waals surface area contributed by atoms with Crippen molar-refractivity contribution in [3.05, 3.63) is 29.8 Å². The predicted octanol–water partition coefficient (Wildman–Crippen LogP) is 0.140. The Labute approximate surface area is 159 Å². The normalized spacial score (nSPS) is 19.4. The van der Waals surface area contributed by atoms with Crippen molar-refractivity contribution in [1.82, 2.24) is 20.9 Å². The molecule has 1 aromatic rings. The van der Waals surface area contributed by atoms with Gasteiger partial charge in [-0.25, -0.2) is 0 Å². The van der Waals surface area contributed by atoms with Crippen molar-refractivity contribution in [2.24, 2.45) is 0 Å². The third-order valence-electron chi connectivity index (χ3n) is 4.54. The molecule has 0 bridgehead atoms. The lowest BCUT2D eigenvalue weighted by Crippen LogP contribution is -2.41. The summed E-state index contributed by atoms with van der Waals surface area (Å²) in [6.45, 7) is 3.34. The van der Waals surface area contributed by atoms with E-state index in [9.17, 15) is 14.4 Å². The van der Waals surface area contributed by atoms with Gasteiger partial charge in [0.25, 0.3) is 5.91 Å². The molecule has 1 aliphatic rings. The van der Waals surface area contributed by atoms with Crippen LogP contribution in [0.1, 0.15) is 30.1 Å². The van der Waals surface area contributed by atoms with Gasteiger partial charge in [-0.3, -0.25) is 19.3 Å². The van der Waals surface area contributed by atoms with E-state index in [-0.39, 0.29) is 42.8 Å². The average molecular weight is 376 g/mol. The average Bonchev–Trinajstić information content (AvgIpc) is 3.02. The summed E-state index contributed by atoms with van der Waals surface area (Å²) in [7, 11) is 3.42. The van der Waals surface area contributed by atoms with Gasteiger partial charge in [-0.1, -0.05) is 6.07 Å². The molecule has 0 radical (unpaired) electrons. The molecule has 1 aromatic carbocycles. The van der Waals surface area contributed by atoms with Gasteiger partial charge >= 0.3 is 0 Å². The van der Waals surface area contributed by atoms with Crippen LogP contribution in [0.15, 0.2) is 24.3 Å². The van der Waals surface area contributed by atoms with E-state index in [1.54, 1.807) is 24.3 Å². The first-order valence-electron chi connectivity index (χ1n) is 9.14. The number of hydrogen-bond donors (Lipinski definition) is 3. The Morgan fingerprint density at radius 3 is 2.74 bits per heavy atom. The Hall–Kier alpha value is -2.61. The summed E-state index contributed by atoms with van der Waals surface area (Å²) in [5, 5.41) is 8.48. The van der Waals surface area contributed by atoms with Gasteiger partial charge in [0.1, 0.15) is 5.75 Å². The molecule has 3 amide bonds. The Morgan fingerprint density at radius 1 is 1.26 bits per heavy atom. The third-order valence-corrected chi connectivity index (χ3v) is 4.54. The SMILES string of the molecule is CCNC(=O)[C@@H]1C[C@H](NC(=O)CCNC(=O)c2cccc(OC)c2)CN1C. The zero-order chi connectivity index (χ0) is 19.8. The van der Waals surface area contributed by atoms with E-state index in [0.717, 1.165) is 0 Å². The van der Waals surface area contributed by atoms with Gasteiger partial charge in [0.05, 0.1) is 13.2 Å². The lowest BCUT2D eigenvalue weighted by Gasteiger charge is -2.17. The second-order valence-electron chi connectivity index (χ2n) is 6.59. The van der Waals surface area contributed by atoms with Crippen molar-refractivity contribution in [2.45, 2.75) is 31.8 Å². The smallest absolute Gasteiger partial charge is 0.251 e. The Kier molecular flexibility index (Phi) is 7.60. The third kappa shape index (κ3) is 5.96. The molecular formula is C19H28N4O4. The molecule has 2 atom stereocenters. The Bertz CT molecular complexity index is 679. The fourth-order valence-electron chi connectivity index (χ4n) is 3.16. The molecule has 8 heteroatoms. The minimum Gasteiger partial charge on any atom is -0.497 e. The van der Waals surface area contributed by atoms with Gasteiger partial charge in [-0.15, -0.1) is 0 Å². The molecule has 0 aromatic heterocycles. The second kappa shape index (κ2) is 9.91. The number of amides is 3. The number of nitrogens with one attached hydrogen (secondary N) is 3. The van der Waals surface area contributed by atoms with Gasteiger partial charge in [-0.05, 0) is 38.6 Å². The number of likely N-dealkylation sites (N-methyl/N-ethyl adjacent to an activating group) is 2. The highest BCUT2D eigenvalue weighted by molar-refractivity contribution is 5.94. The molecule has 0 unspecified atom stereocenters. The second-order valence-corrected chi connectivity index (χ2v) is 6.59. The Morgan fingerprint density at radius 2 is 2.04 bits per heavy atom. The number of carbonyl (C=O) groups is 3. The molecule has 0 aliphatic carbocycles. The highest BCUT2D eigenvalue weighted by Crippen LogP contribution is 2.16. The standard InChI is InChI=1S/C19H28N4O4/c1-4-20-19(26)16-11-14(12-23(16)2)22-17(24)8-9-21-18(25)13-6-5-7-15(10-13)27-3/h5-7,10,14,16H,4,8-9,11-12H2,1-3H3,(H,20,26)(H,21,25)(H,22,24)/t14-,16-/m0/s1. The number of ether oxygens (including phenoxy) is 1. The van der Waals surface area contributed by atoms with E-state index in [2.05, 4.69) is 16.0 Å². The quantitative estimate of drug-likeness (QED) is 0.599. The Balaban J connectivity index is 1.73. The minimum absolute atomic E-state index is 0.0118. The molecule has 3 N–H and O–H groups in total. The zero-order valence-corrected chi connectivity index (χ0v) is 16.1. The van der Waals surface area contributed by atoms with Gasteiger partial charge < -0.3 is 20.7 Å². The first-order chi connectivity index (χ1) is 12.9. The molecule has 0 spiro atoms. The minimum atomic E-state index is -0.251. The van der Waals surface area contributed by atoms with Crippen molar-refractivity contribution in [3.63, 3.8) is 0 Å². The fraction of sp³-hybridized carbons (Fsp3) is 0.526. The maximum atomic E-state index is 12.1. The summed E-state index contributed by atoms with van der Waals surface area (Å²) in [5.74, 6) is 0.198. The van der Waals surface area contributed by atoms with Crippen LogP contribution in [0.5, 0.6) is 5.75 Å². The molecule has 8 nitrogen and oxygen atoms in total. The zero-order valence-electron chi connectivity index (χ0n) is 16.1. The van der Waals surface area contributed by atoms with E-state index in [1.807, 2.05) is 18.9 Å². The van der Waals surface area contributed by atoms with Crippen LogP contribution in [-0.4, -0.2) is 68.5 Å². The van der Waals surface area contributed by atoms with Gasteiger partial charge in [0, 0.05) is 37.7 Å². The summed E-state index contributed by atoms with van der Waals surface area (Å²) < 4.78 is 5.09. The van der Waals surface area contributed by atoms with Crippen LogP contribution in [0.3, 0.4) is 0 Å². The highest BCUT2D eigenvalue weighted by atomic mass is 16.5. The number of methoxy groups -OCH3 is 1. The van der Waals surface area contributed by atoms with Crippen LogP contribution in [0, 0.1) is 0 Å². The molecule has 0 saturated carbocycles. The first kappa shape index (κ1) is 20.7. The number of benzene rings is 1. The van der Waals surface area contributed by atoms with Crippen LogP contribution >= 0.6 is 0 Å². The van der Waals surface area contributed by atoms with Crippen LogP contribution in [-0.2, 0) is 9.59 Å². The van der Waals surface area contributed by atoms with Crippen LogP contribution in [0.25, 0.3) is 0 Å². The maximum Gasteiger partial charge on any atom is 0.251 e. The maximum absolute atomic E-state index is 12.1. The van der Waals surface area contributed by atoms with Crippen LogP contribution < -0.4 is 20.7 Å². The van der Waals surface area contributed by atoms with Crippen molar-refractivity contribution >= 4 is 17.7 Å². The number of rotatable bonds is 8. The lowest BCUT2D eigenvalue weighted by molar-refractivity contribution is -0.125. The highest BCUT2D eigenvalue weighted by Gasteiger charge is 2.34. The van der Waals surface area contributed by atoms with Crippen molar-refractivity contribution in [2.75, 3.05) is 33.8 Å². The van der Waals surface area contributed by atoms with E-state index < -0.39 is 0 Å². The van der Waals surface area contributed by atoms with Crippen molar-refractivity contribution < 1.29 is 19.1 Å². The van der Waals surface area contributed by atoms with Gasteiger partial charge in [-0.2, -0.15) is 0 Å². The van der Waals surface area contributed by atoms with E-state index in [0.29, 0.717) is 30.8 Å². The van der Waals surface area contributed by atoms with E-state index in [4.69, 9.17) is 4.74 Å². The predicted molar refractivity (Wildman–Crippen MR) is 102 cm³/mol. The summed E-state index contributed by atoms with van der Waals surface area (Å²) in [6.07, 6.45) is 0.770. The molecule has 1 fully saturated rings. The first-order valence-corrected chi connectivity index (χ1v) is 9.14. The fourth-order valence-corrected chi connectivity index (χ4v) is 3.16. The summed E-state index contributed by atoms with van der Waals surface area (Å²) in [5.41, 5.74) is 0.483. The van der Waals surface area contributed by atoms with E-state index in [1.165, 1.54) is 7.11 Å². The van der Waals surface area contributed by atoms with E-state index >= 15 is 0 Å². The van der Waals surface area contributed by atoms with Crippen molar-refractivity contribution in [1.29, 1.82) is 0 Å². The van der Waals surface area contributed by atoms with Gasteiger partial charge in [0.2, 0.25) is 11.8 Å². The summed E-state index contributed by atoms with van der Waals surface area (Å²) >= 11 is 0. The largest absolute Gasteiger partial charge is 0.497 e. The lowest BCUT2D eigenvalue weighted by atomic mass is 10.1. The molecule has 1 saturated heterocycles. The molecule has 2 rings (SSSR count). The van der Waals surface area contributed by atoms with Crippen LogP contribution in [0.2, 0.25) is 0 Å². The number of hydrogen-bond acceptors (Lipinski definition) is 5. The number of nitrogens with zero attached hydrogens (tertiary/aromatic N) is 1. The topological polar surface area (TPSA) is 99.8 Å². The molecule has 1 aliphatic heterocycles. The molecule has 1 heterocycles. The molecular weight excluding hydrogens is 348 g/mol. The number of carbonyl (C=O) groups excluding carboxylic acids is 3. The van der Waals surface area contributed by atoms with Gasteiger partial charge in [0.15, 0.2) is 0 Å². The molecule has 148 valence electrons. The van der Waals surface area contributed by atoms with Crippen molar-refractivity contribution in [3.8, 4) is 5.75 Å². The van der Waals surface area contributed by atoms with Crippen LogP contribution in [0.4, 0.5) is 0 Å². The summed E-state index contributed by atoms with van der Waals surface area (Å²) in [6, 6.07) is 6.55. The molecule has 27 heavy (non-hydrogen) atoms. The number of likely N-dealkylation sites (tertiary alicyclic amines) is 1. The summed E-state index contributed by atoms with van der Waals surface area (Å²) in [4.78, 5) is 38.2. The monoisotopic (exact) mass is 376 g/mol.